The molecule has 0 saturated heterocycles. The predicted molar refractivity (Wildman–Crippen MR) is 77.0 cm³/mol. The van der Waals surface area contributed by atoms with Gasteiger partial charge in [0.1, 0.15) is 5.82 Å². The van der Waals surface area contributed by atoms with Crippen molar-refractivity contribution in [3.8, 4) is 11.4 Å². The summed E-state index contributed by atoms with van der Waals surface area (Å²) in [4.78, 5) is 9.26. The summed E-state index contributed by atoms with van der Waals surface area (Å²) < 4.78 is 13.7. The standard InChI is InChI=1S/C16H18FN3/c1-3-14-12-6-7-18-9-15(12)20-16(19-14)11-5-4-10(2)13(17)8-11/h4-5,8,18H,3,6-7,9H2,1-2H3. The predicted octanol–water partition coefficient (Wildman–Crippen LogP) is 2.80. The smallest absolute Gasteiger partial charge is 0.159 e. The van der Waals surface area contributed by atoms with Crippen LogP contribution in [0.25, 0.3) is 11.4 Å². The average molecular weight is 271 g/mol. The Morgan fingerprint density at radius 1 is 1.30 bits per heavy atom. The number of hydrogen-bond donors (Lipinski definition) is 1. The van der Waals surface area contributed by atoms with Crippen LogP contribution in [0, 0.1) is 12.7 Å². The minimum absolute atomic E-state index is 0.208. The van der Waals surface area contributed by atoms with Crippen molar-refractivity contribution in [3.05, 3.63) is 46.5 Å². The molecule has 3 rings (SSSR count). The van der Waals surface area contributed by atoms with Crippen molar-refractivity contribution in [2.24, 2.45) is 0 Å². The number of aromatic nitrogens is 2. The Hall–Kier alpha value is -1.81. The quantitative estimate of drug-likeness (QED) is 0.912. The van der Waals surface area contributed by atoms with Gasteiger partial charge < -0.3 is 5.32 Å². The second-order valence-corrected chi connectivity index (χ2v) is 5.16. The summed E-state index contributed by atoms with van der Waals surface area (Å²) in [6.45, 7) is 5.60. The maximum Gasteiger partial charge on any atom is 0.159 e. The number of nitrogens with one attached hydrogen (secondary N) is 1. The van der Waals surface area contributed by atoms with Crippen molar-refractivity contribution < 1.29 is 4.39 Å². The molecule has 4 heteroatoms. The average Bonchev–Trinajstić information content (AvgIpc) is 2.49. The van der Waals surface area contributed by atoms with Crippen LogP contribution in [0.5, 0.6) is 0 Å². The van der Waals surface area contributed by atoms with Crippen LogP contribution in [0.15, 0.2) is 18.2 Å². The molecule has 0 spiro atoms. The lowest BCUT2D eigenvalue weighted by atomic mass is 10.0. The van der Waals surface area contributed by atoms with Gasteiger partial charge >= 0.3 is 0 Å². The molecule has 2 heterocycles. The third-order valence-corrected chi connectivity index (χ3v) is 3.79. The highest BCUT2D eigenvalue weighted by Crippen LogP contribution is 2.23. The molecule has 0 bridgehead atoms. The van der Waals surface area contributed by atoms with Crippen molar-refractivity contribution in [3.63, 3.8) is 0 Å². The van der Waals surface area contributed by atoms with E-state index >= 15 is 0 Å². The summed E-state index contributed by atoms with van der Waals surface area (Å²) in [5.41, 5.74) is 4.80. The number of halogens is 1. The molecule has 0 amide bonds. The van der Waals surface area contributed by atoms with Crippen LogP contribution in [-0.2, 0) is 19.4 Å². The molecular formula is C16H18FN3. The molecular weight excluding hydrogens is 253 g/mol. The number of fused-ring (bicyclic) bond motifs is 1. The molecule has 0 fully saturated rings. The lowest BCUT2D eigenvalue weighted by molar-refractivity contribution is 0.614. The van der Waals surface area contributed by atoms with Gasteiger partial charge in [-0.1, -0.05) is 19.1 Å². The number of hydrogen-bond acceptors (Lipinski definition) is 3. The molecule has 104 valence electrons. The Balaban J connectivity index is 2.11. The van der Waals surface area contributed by atoms with E-state index in [1.54, 1.807) is 13.0 Å². The van der Waals surface area contributed by atoms with Gasteiger partial charge in [-0.05, 0) is 43.5 Å². The van der Waals surface area contributed by atoms with Gasteiger partial charge in [0, 0.05) is 17.8 Å². The lowest BCUT2D eigenvalue weighted by Gasteiger charge is -2.19. The Morgan fingerprint density at radius 2 is 2.15 bits per heavy atom. The summed E-state index contributed by atoms with van der Waals surface area (Å²) in [7, 11) is 0. The molecule has 0 atom stereocenters. The molecule has 1 aliphatic rings. The van der Waals surface area contributed by atoms with Crippen LogP contribution >= 0.6 is 0 Å². The zero-order chi connectivity index (χ0) is 14.1. The maximum absolute atomic E-state index is 13.7. The van der Waals surface area contributed by atoms with E-state index in [4.69, 9.17) is 0 Å². The van der Waals surface area contributed by atoms with E-state index < -0.39 is 0 Å². The Labute approximate surface area is 118 Å². The third-order valence-electron chi connectivity index (χ3n) is 3.79. The van der Waals surface area contributed by atoms with E-state index in [1.807, 2.05) is 6.07 Å². The van der Waals surface area contributed by atoms with Gasteiger partial charge in [-0.15, -0.1) is 0 Å². The summed E-state index contributed by atoms with van der Waals surface area (Å²) >= 11 is 0. The Kier molecular flexibility index (Phi) is 3.49. The Morgan fingerprint density at radius 3 is 2.90 bits per heavy atom. The normalized spacial score (nSPS) is 14.2. The number of nitrogens with zero attached hydrogens (tertiary/aromatic N) is 2. The van der Waals surface area contributed by atoms with Crippen LogP contribution in [0.1, 0.15) is 29.4 Å². The molecule has 0 radical (unpaired) electrons. The third kappa shape index (κ3) is 2.31. The number of aryl methyl sites for hydroxylation is 2. The first kappa shape index (κ1) is 13.2. The highest BCUT2D eigenvalue weighted by atomic mass is 19.1. The number of rotatable bonds is 2. The summed E-state index contributed by atoms with van der Waals surface area (Å²) in [5.74, 6) is 0.420. The molecule has 3 nitrogen and oxygen atoms in total. The molecule has 0 saturated carbocycles. The van der Waals surface area contributed by atoms with Crippen LogP contribution in [0.4, 0.5) is 4.39 Å². The lowest BCUT2D eigenvalue weighted by Crippen LogP contribution is -2.26. The largest absolute Gasteiger partial charge is 0.311 e. The van der Waals surface area contributed by atoms with Crippen molar-refractivity contribution in [2.45, 2.75) is 33.2 Å². The first-order chi connectivity index (χ1) is 9.69. The fraction of sp³-hybridized carbons (Fsp3) is 0.375. The van der Waals surface area contributed by atoms with Gasteiger partial charge in [0.05, 0.1) is 5.69 Å². The maximum atomic E-state index is 13.7. The molecule has 1 aromatic heterocycles. The fourth-order valence-electron chi connectivity index (χ4n) is 2.59. The van der Waals surface area contributed by atoms with Crippen molar-refractivity contribution in [1.82, 2.24) is 15.3 Å². The SMILES string of the molecule is CCc1nc(-c2ccc(C)c(F)c2)nc2c1CCNC2. The molecule has 0 aliphatic carbocycles. The molecule has 1 aromatic carbocycles. The van der Waals surface area contributed by atoms with Gasteiger partial charge in [0.2, 0.25) is 0 Å². The highest BCUT2D eigenvalue weighted by molar-refractivity contribution is 5.57. The monoisotopic (exact) mass is 271 g/mol. The number of benzene rings is 1. The molecule has 1 aliphatic heterocycles. The van der Waals surface area contributed by atoms with Crippen LogP contribution in [-0.4, -0.2) is 16.5 Å². The van der Waals surface area contributed by atoms with Gasteiger partial charge in [-0.2, -0.15) is 0 Å². The zero-order valence-electron chi connectivity index (χ0n) is 11.8. The molecule has 1 N–H and O–H groups in total. The highest BCUT2D eigenvalue weighted by Gasteiger charge is 2.17. The van der Waals surface area contributed by atoms with E-state index in [0.29, 0.717) is 11.4 Å². The van der Waals surface area contributed by atoms with Gasteiger partial charge in [-0.3, -0.25) is 0 Å². The topological polar surface area (TPSA) is 37.8 Å². The van der Waals surface area contributed by atoms with Crippen molar-refractivity contribution in [1.29, 1.82) is 0 Å². The fourth-order valence-corrected chi connectivity index (χ4v) is 2.59. The molecule has 0 unspecified atom stereocenters. The first-order valence-corrected chi connectivity index (χ1v) is 7.05. The second-order valence-electron chi connectivity index (χ2n) is 5.16. The van der Waals surface area contributed by atoms with Crippen molar-refractivity contribution in [2.75, 3.05) is 6.54 Å². The van der Waals surface area contributed by atoms with E-state index in [2.05, 4.69) is 22.2 Å². The minimum atomic E-state index is -0.208. The minimum Gasteiger partial charge on any atom is -0.311 e. The van der Waals surface area contributed by atoms with E-state index in [0.717, 1.165) is 42.9 Å². The summed E-state index contributed by atoms with van der Waals surface area (Å²) in [6, 6.07) is 5.18. The molecule has 2 aromatic rings. The summed E-state index contributed by atoms with van der Waals surface area (Å²) in [5, 5.41) is 3.33. The molecule has 20 heavy (non-hydrogen) atoms. The van der Waals surface area contributed by atoms with Crippen molar-refractivity contribution >= 4 is 0 Å². The van der Waals surface area contributed by atoms with Crippen LogP contribution in [0.3, 0.4) is 0 Å². The van der Waals surface area contributed by atoms with Crippen LogP contribution in [0.2, 0.25) is 0 Å². The van der Waals surface area contributed by atoms with Gasteiger partial charge in [0.15, 0.2) is 5.82 Å². The van der Waals surface area contributed by atoms with Gasteiger partial charge in [0.25, 0.3) is 0 Å². The first-order valence-electron chi connectivity index (χ1n) is 7.05. The van der Waals surface area contributed by atoms with Crippen LogP contribution < -0.4 is 5.32 Å². The zero-order valence-corrected chi connectivity index (χ0v) is 11.8. The van der Waals surface area contributed by atoms with E-state index in [-0.39, 0.29) is 5.82 Å². The Bertz CT molecular complexity index is 635. The second kappa shape index (κ2) is 5.29. The van der Waals surface area contributed by atoms with E-state index in [1.165, 1.54) is 11.6 Å². The van der Waals surface area contributed by atoms with Gasteiger partial charge in [-0.25, -0.2) is 14.4 Å². The van der Waals surface area contributed by atoms with E-state index in [9.17, 15) is 4.39 Å². The summed E-state index contributed by atoms with van der Waals surface area (Å²) in [6.07, 6.45) is 1.85.